The fourth-order valence-corrected chi connectivity index (χ4v) is 2.51. The van der Waals surface area contributed by atoms with Gasteiger partial charge in [-0.2, -0.15) is 0 Å². The number of carbonyl (C=O) groups is 1. The van der Waals surface area contributed by atoms with E-state index in [0.717, 1.165) is 0 Å². The lowest BCUT2D eigenvalue weighted by atomic mass is 10.1. The van der Waals surface area contributed by atoms with E-state index in [2.05, 4.69) is 0 Å². The lowest BCUT2D eigenvalue weighted by molar-refractivity contribution is -0.218. The average Bonchev–Trinajstić information content (AvgIpc) is 2.91. The Morgan fingerprint density at radius 3 is 2.67 bits per heavy atom. The van der Waals surface area contributed by atoms with Crippen LogP contribution in [0.25, 0.3) is 0 Å². The molecule has 114 valence electrons. The maximum absolute atomic E-state index is 11.8. The number of hydrogen-bond acceptors (Lipinski definition) is 6. The Labute approximate surface area is 122 Å². The van der Waals surface area contributed by atoms with Gasteiger partial charge in [0.25, 0.3) is 0 Å². The Morgan fingerprint density at radius 2 is 2.00 bits per heavy atom. The van der Waals surface area contributed by atoms with Gasteiger partial charge in [-0.15, -0.1) is 0 Å². The number of esters is 1. The van der Waals surface area contributed by atoms with Crippen LogP contribution in [0, 0.1) is 0 Å². The zero-order valence-electron chi connectivity index (χ0n) is 11.9. The van der Waals surface area contributed by atoms with Crippen LogP contribution in [-0.2, 0) is 18.9 Å². The maximum Gasteiger partial charge on any atom is 0.338 e. The Hall–Kier alpha value is -1.47. The second kappa shape index (κ2) is 5.38. The van der Waals surface area contributed by atoms with Crippen molar-refractivity contribution in [3.8, 4) is 0 Å². The highest BCUT2D eigenvalue weighted by Crippen LogP contribution is 2.37. The molecule has 0 radical (unpaired) electrons. The van der Waals surface area contributed by atoms with Crippen LogP contribution in [0.15, 0.2) is 30.3 Å². The Kier molecular flexibility index (Phi) is 3.71. The van der Waals surface area contributed by atoms with Crippen molar-refractivity contribution in [1.82, 2.24) is 0 Å². The summed E-state index contributed by atoms with van der Waals surface area (Å²) in [6.07, 6.45) is -2.72. The first-order chi connectivity index (χ1) is 9.96. The second-order valence-electron chi connectivity index (χ2n) is 5.60. The van der Waals surface area contributed by atoms with E-state index in [-0.39, 0.29) is 6.61 Å². The van der Waals surface area contributed by atoms with Crippen LogP contribution in [0.5, 0.6) is 0 Å². The SMILES string of the molecule is CC1(C)O[C@@H]2O[C@H](COC(=O)c3ccccc3)C(O)[C@@H]2O1. The third kappa shape index (κ3) is 2.94. The van der Waals surface area contributed by atoms with Gasteiger partial charge in [-0.25, -0.2) is 4.79 Å². The van der Waals surface area contributed by atoms with Crippen molar-refractivity contribution in [2.24, 2.45) is 0 Å². The van der Waals surface area contributed by atoms with E-state index in [4.69, 9.17) is 18.9 Å². The number of hydrogen-bond donors (Lipinski definition) is 1. The topological polar surface area (TPSA) is 74.2 Å². The molecule has 6 heteroatoms. The Balaban J connectivity index is 1.55. The van der Waals surface area contributed by atoms with Gasteiger partial charge in [0.2, 0.25) is 0 Å². The minimum absolute atomic E-state index is 0.0466. The number of fused-ring (bicyclic) bond motifs is 1. The van der Waals surface area contributed by atoms with Crippen molar-refractivity contribution in [3.05, 3.63) is 35.9 Å². The summed E-state index contributed by atoms with van der Waals surface area (Å²) >= 11 is 0. The first kappa shape index (κ1) is 14.5. The fourth-order valence-electron chi connectivity index (χ4n) is 2.51. The predicted octanol–water partition coefficient (Wildman–Crippen LogP) is 1.08. The van der Waals surface area contributed by atoms with Gasteiger partial charge in [-0.1, -0.05) is 18.2 Å². The molecule has 1 aromatic carbocycles. The highest BCUT2D eigenvalue weighted by molar-refractivity contribution is 5.89. The zero-order valence-corrected chi connectivity index (χ0v) is 11.9. The first-order valence-corrected chi connectivity index (χ1v) is 6.88. The molecule has 3 rings (SSSR count). The molecule has 2 fully saturated rings. The normalized spacial score (nSPS) is 33.7. The van der Waals surface area contributed by atoms with Crippen LogP contribution in [0.3, 0.4) is 0 Å². The molecule has 4 atom stereocenters. The summed E-state index contributed by atoms with van der Waals surface area (Å²) in [5, 5.41) is 10.2. The van der Waals surface area contributed by atoms with Gasteiger partial charge >= 0.3 is 5.97 Å². The van der Waals surface area contributed by atoms with E-state index in [1.54, 1.807) is 38.1 Å². The molecule has 0 bridgehead atoms. The molecular weight excluding hydrogens is 276 g/mol. The second-order valence-corrected chi connectivity index (χ2v) is 5.60. The molecule has 2 aliphatic rings. The van der Waals surface area contributed by atoms with Crippen molar-refractivity contribution in [2.75, 3.05) is 6.61 Å². The lowest BCUT2D eigenvalue weighted by Gasteiger charge is -2.22. The largest absolute Gasteiger partial charge is 0.459 e. The summed E-state index contributed by atoms with van der Waals surface area (Å²) in [7, 11) is 0. The summed E-state index contributed by atoms with van der Waals surface area (Å²) in [4.78, 5) is 11.8. The third-order valence-corrected chi connectivity index (χ3v) is 3.50. The Bertz CT molecular complexity index is 514. The van der Waals surface area contributed by atoms with E-state index in [1.807, 2.05) is 6.07 Å². The molecule has 2 saturated heterocycles. The summed E-state index contributed by atoms with van der Waals surface area (Å²) in [5.74, 6) is -1.23. The van der Waals surface area contributed by atoms with Crippen LogP contribution < -0.4 is 0 Å². The molecule has 1 unspecified atom stereocenters. The highest BCUT2D eigenvalue weighted by Gasteiger charge is 2.54. The standard InChI is InChI=1S/C15H18O6/c1-15(2)20-12-11(16)10(19-14(12)21-15)8-18-13(17)9-6-4-3-5-7-9/h3-7,10-12,14,16H,8H2,1-2H3/t10-,11?,12+,14+/m1/s1. The van der Waals surface area contributed by atoms with Crippen molar-refractivity contribution in [1.29, 1.82) is 0 Å². The predicted molar refractivity (Wildman–Crippen MR) is 71.4 cm³/mol. The van der Waals surface area contributed by atoms with Crippen LogP contribution in [-0.4, -0.2) is 48.1 Å². The van der Waals surface area contributed by atoms with Gasteiger partial charge < -0.3 is 24.1 Å². The monoisotopic (exact) mass is 294 g/mol. The number of rotatable bonds is 3. The smallest absolute Gasteiger partial charge is 0.338 e. The van der Waals surface area contributed by atoms with Gasteiger partial charge in [-0.05, 0) is 26.0 Å². The van der Waals surface area contributed by atoms with E-state index >= 15 is 0 Å². The van der Waals surface area contributed by atoms with Crippen LogP contribution in [0.4, 0.5) is 0 Å². The van der Waals surface area contributed by atoms with E-state index in [1.165, 1.54) is 0 Å². The third-order valence-electron chi connectivity index (χ3n) is 3.50. The van der Waals surface area contributed by atoms with E-state index < -0.39 is 36.4 Å². The number of aliphatic hydroxyl groups is 1. The number of benzene rings is 1. The first-order valence-electron chi connectivity index (χ1n) is 6.88. The molecule has 0 amide bonds. The van der Waals surface area contributed by atoms with E-state index in [9.17, 15) is 9.90 Å². The molecule has 0 aromatic heterocycles. The molecule has 0 saturated carbocycles. The number of ether oxygens (including phenoxy) is 4. The molecule has 21 heavy (non-hydrogen) atoms. The van der Waals surface area contributed by atoms with Gasteiger partial charge in [0.1, 0.15) is 24.9 Å². The molecule has 1 N–H and O–H groups in total. The molecule has 2 aliphatic heterocycles. The lowest BCUT2D eigenvalue weighted by Crippen LogP contribution is -2.37. The van der Waals surface area contributed by atoms with Crippen molar-refractivity contribution in [3.63, 3.8) is 0 Å². The van der Waals surface area contributed by atoms with Gasteiger partial charge in [0, 0.05) is 0 Å². The van der Waals surface area contributed by atoms with Crippen LogP contribution in [0.2, 0.25) is 0 Å². The average molecular weight is 294 g/mol. The van der Waals surface area contributed by atoms with Crippen molar-refractivity contribution >= 4 is 5.97 Å². The summed E-state index contributed by atoms with van der Waals surface area (Å²) < 4.78 is 21.8. The van der Waals surface area contributed by atoms with E-state index in [0.29, 0.717) is 5.56 Å². The summed E-state index contributed by atoms with van der Waals surface area (Å²) in [5.41, 5.74) is 0.457. The molecular formula is C15H18O6. The maximum atomic E-state index is 11.8. The van der Waals surface area contributed by atoms with Crippen molar-refractivity contribution < 1.29 is 28.8 Å². The van der Waals surface area contributed by atoms with Gasteiger partial charge in [-0.3, -0.25) is 0 Å². The minimum Gasteiger partial charge on any atom is -0.459 e. The zero-order chi connectivity index (χ0) is 15.0. The van der Waals surface area contributed by atoms with Crippen molar-refractivity contribution in [2.45, 2.75) is 44.2 Å². The van der Waals surface area contributed by atoms with Crippen LogP contribution >= 0.6 is 0 Å². The summed E-state index contributed by atoms with van der Waals surface area (Å²) in [6, 6.07) is 8.66. The van der Waals surface area contributed by atoms with Crippen LogP contribution in [0.1, 0.15) is 24.2 Å². The minimum atomic E-state index is -0.889. The number of carbonyl (C=O) groups excluding carboxylic acids is 1. The quantitative estimate of drug-likeness (QED) is 0.841. The molecule has 2 heterocycles. The number of aliphatic hydroxyl groups excluding tert-OH is 1. The summed E-state index contributed by atoms with van der Waals surface area (Å²) in [6.45, 7) is 3.46. The highest BCUT2D eigenvalue weighted by atomic mass is 16.8. The fraction of sp³-hybridized carbons (Fsp3) is 0.533. The molecule has 1 aromatic rings. The molecule has 0 spiro atoms. The van der Waals surface area contributed by atoms with Gasteiger partial charge in [0.15, 0.2) is 12.1 Å². The molecule has 6 nitrogen and oxygen atoms in total. The van der Waals surface area contributed by atoms with Gasteiger partial charge in [0.05, 0.1) is 5.56 Å². The Morgan fingerprint density at radius 1 is 1.29 bits per heavy atom. The molecule has 0 aliphatic carbocycles.